The summed E-state index contributed by atoms with van der Waals surface area (Å²) in [4.78, 5) is 31.7. The standard InChI is InChI=1S/C21H16F4N4O3/c22-17-6-5-15(29(31)32)9-13(17)10-28-8-7-16-18(11-28)26-19(27-20(16)30)12-1-3-14(4-2-12)21(23,24)25/h1-6,9H,7-8,10-11H2,(H,26,27,30). The van der Waals surface area contributed by atoms with Gasteiger partial charge in [0.05, 0.1) is 16.2 Å². The number of hydrogen-bond acceptors (Lipinski definition) is 5. The lowest BCUT2D eigenvalue weighted by molar-refractivity contribution is -0.385. The fraction of sp³-hybridized carbons (Fsp3) is 0.238. The molecule has 1 aliphatic rings. The fourth-order valence-corrected chi connectivity index (χ4v) is 3.62. The first-order valence-electron chi connectivity index (χ1n) is 9.56. The topological polar surface area (TPSA) is 92.1 Å². The van der Waals surface area contributed by atoms with Crippen LogP contribution in [0.3, 0.4) is 0 Å². The van der Waals surface area contributed by atoms with Crippen LogP contribution in [0, 0.1) is 15.9 Å². The molecule has 0 fully saturated rings. The summed E-state index contributed by atoms with van der Waals surface area (Å²) in [5, 5.41) is 11.0. The summed E-state index contributed by atoms with van der Waals surface area (Å²) < 4.78 is 52.5. The molecular formula is C21H16F4N4O3. The van der Waals surface area contributed by atoms with Crippen molar-refractivity contribution in [1.82, 2.24) is 14.9 Å². The van der Waals surface area contributed by atoms with Gasteiger partial charge in [-0.25, -0.2) is 9.37 Å². The normalized spacial score (nSPS) is 14.2. The number of nitro benzene ring substituents is 1. The minimum Gasteiger partial charge on any atom is -0.306 e. The molecular weight excluding hydrogens is 432 g/mol. The van der Waals surface area contributed by atoms with Gasteiger partial charge in [-0.3, -0.25) is 19.8 Å². The predicted octanol–water partition coefficient (Wildman–Crippen LogP) is 4.06. The summed E-state index contributed by atoms with van der Waals surface area (Å²) in [7, 11) is 0. The minimum atomic E-state index is -4.47. The molecule has 0 spiro atoms. The van der Waals surface area contributed by atoms with Crippen LogP contribution in [0.15, 0.2) is 47.3 Å². The summed E-state index contributed by atoms with van der Waals surface area (Å²) in [5.41, 5.74) is -0.0665. The number of benzene rings is 2. The average Bonchev–Trinajstić information content (AvgIpc) is 2.74. The maximum Gasteiger partial charge on any atom is 0.416 e. The molecule has 1 aromatic heterocycles. The van der Waals surface area contributed by atoms with Crippen LogP contribution in [-0.2, 0) is 25.7 Å². The van der Waals surface area contributed by atoms with Crippen molar-refractivity contribution in [2.24, 2.45) is 0 Å². The number of aromatic nitrogens is 2. The van der Waals surface area contributed by atoms with E-state index in [0.717, 1.165) is 24.3 Å². The van der Waals surface area contributed by atoms with Crippen molar-refractivity contribution in [3.8, 4) is 11.4 Å². The molecule has 1 aliphatic heterocycles. The van der Waals surface area contributed by atoms with Gasteiger partial charge in [-0.05, 0) is 24.6 Å². The number of H-pyrrole nitrogens is 1. The van der Waals surface area contributed by atoms with Crippen LogP contribution in [-0.4, -0.2) is 26.3 Å². The van der Waals surface area contributed by atoms with Gasteiger partial charge in [0.1, 0.15) is 11.6 Å². The zero-order valence-electron chi connectivity index (χ0n) is 16.4. The van der Waals surface area contributed by atoms with E-state index in [9.17, 15) is 32.5 Å². The molecule has 166 valence electrons. The summed E-state index contributed by atoms with van der Waals surface area (Å²) in [6, 6.07) is 7.57. The van der Waals surface area contributed by atoms with Crippen molar-refractivity contribution in [3.05, 3.63) is 91.1 Å². The van der Waals surface area contributed by atoms with Gasteiger partial charge in [0.15, 0.2) is 0 Å². The van der Waals surface area contributed by atoms with Crippen LogP contribution in [0.2, 0.25) is 0 Å². The molecule has 3 aromatic rings. The van der Waals surface area contributed by atoms with E-state index in [1.807, 2.05) is 0 Å². The van der Waals surface area contributed by atoms with Gasteiger partial charge in [0.2, 0.25) is 0 Å². The number of nitro groups is 1. The first kappa shape index (κ1) is 21.6. The number of halogens is 4. The first-order chi connectivity index (χ1) is 15.1. The second kappa shape index (κ2) is 8.15. The molecule has 0 saturated carbocycles. The van der Waals surface area contributed by atoms with Crippen LogP contribution in [0.4, 0.5) is 23.2 Å². The second-order valence-electron chi connectivity index (χ2n) is 7.41. The number of fused-ring (bicyclic) bond motifs is 1. The Morgan fingerprint density at radius 2 is 1.88 bits per heavy atom. The van der Waals surface area contributed by atoms with Gasteiger partial charge in [0, 0.05) is 48.5 Å². The number of rotatable bonds is 4. The zero-order chi connectivity index (χ0) is 23.0. The zero-order valence-corrected chi connectivity index (χ0v) is 16.4. The molecule has 0 aliphatic carbocycles. The van der Waals surface area contributed by atoms with Crippen LogP contribution in [0.5, 0.6) is 0 Å². The van der Waals surface area contributed by atoms with Crippen molar-refractivity contribution in [2.75, 3.05) is 6.54 Å². The summed E-state index contributed by atoms with van der Waals surface area (Å²) in [6.45, 7) is 0.686. The molecule has 0 atom stereocenters. The molecule has 2 heterocycles. The van der Waals surface area contributed by atoms with Crippen LogP contribution in [0.1, 0.15) is 22.4 Å². The van der Waals surface area contributed by atoms with E-state index < -0.39 is 22.5 Å². The minimum absolute atomic E-state index is 0.0804. The monoisotopic (exact) mass is 448 g/mol. The second-order valence-corrected chi connectivity index (χ2v) is 7.41. The maximum atomic E-state index is 14.2. The van der Waals surface area contributed by atoms with Gasteiger partial charge < -0.3 is 4.98 Å². The maximum absolute atomic E-state index is 14.2. The first-order valence-corrected chi connectivity index (χ1v) is 9.56. The Labute approximate surface area is 178 Å². The number of nitrogens with one attached hydrogen (secondary N) is 1. The number of aromatic amines is 1. The fourth-order valence-electron chi connectivity index (χ4n) is 3.62. The Bertz CT molecular complexity index is 1240. The van der Waals surface area contributed by atoms with Crippen LogP contribution >= 0.6 is 0 Å². The predicted molar refractivity (Wildman–Crippen MR) is 106 cm³/mol. The van der Waals surface area contributed by atoms with Crippen molar-refractivity contribution in [2.45, 2.75) is 25.7 Å². The van der Waals surface area contributed by atoms with Gasteiger partial charge >= 0.3 is 6.18 Å². The average molecular weight is 448 g/mol. The Balaban J connectivity index is 1.60. The SMILES string of the molecule is O=c1[nH]c(-c2ccc(C(F)(F)F)cc2)nc2c1CCN(Cc1cc([N+](=O)[O-])ccc1F)C2. The highest BCUT2D eigenvalue weighted by Crippen LogP contribution is 2.30. The van der Waals surface area contributed by atoms with E-state index in [0.29, 0.717) is 29.8 Å². The van der Waals surface area contributed by atoms with Gasteiger partial charge in [-0.1, -0.05) is 12.1 Å². The highest BCUT2D eigenvalue weighted by atomic mass is 19.4. The van der Waals surface area contributed by atoms with Crippen molar-refractivity contribution in [3.63, 3.8) is 0 Å². The van der Waals surface area contributed by atoms with Crippen molar-refractivity contribution < 1.29 is 22.5 Å². The molecule has 4 rings (SSSR count). The molecule has 0 radical (unpaired) electrons. The molecule has 1 N–H and O–H groups in total. The van der Waals surface area contributed by atoms with Gasteiger partial charge in [0.25, 0.3) is 11.2 Å². The number of nitrogens with zero attached hydrogens (tertiary/aromatic N) is 3. The summed E-state index contributed by atoms with van der Waals surface area (Å²) in [6.07, 6.45) is -4.14. The number of non-ortho nitro benzene ring substituents is 1. The highest BCUT2D eigenvalue weighted by molar-refractivity contribution is 5.56. The lowest BCUT2D eigenvalue weighted by Gasteiger charge is -2.27. The highest BCUT2D eigenvalue weighted by Gasteiger charge is 2.30. The third-order valence-electron chi connectivity index (χ3n) is 5.27. The van der Waals surface area contributed by atoms with Crippen molar-refractivity contribution >= 4 is 5.69 Å². The third-order valence-corrected chi connectivity index (χ3v) is 5.27. The van der Waals surface area contributed by atoms with E-state index in [4.69, 9.17) is 0 Å². The third kappa shape index (κ3) is 4.37. The van der Waals surface area contributed by atoms with E-state index in [-0.39, 0.29) is 35.7 Å². The Morgan fingerprint density at radius 3 is 2.53 bits per heavy atom. The smallest absolute Gasteiger partial charge is 0.306 e. The van der Waals surface area contributed by atoms with Gasteiger partial charge in [-0.15, -0.1) is 0 Å². The molecule has 0 amide bonds. The Kier molecular flexibility index (Phi) is 5.51. The molecule has 0 bridgehead atoms. The van der Waals surface area contributed by atoms with E-state index in [2.05, 4.69) is 9.97 Å². The quantitative estimate of drug-likeness (QED) is 0.369. The molecule has 0 saturated heterocycles. The lowest BCUT2D eigenvalue weighted by Crippen LogP contribution is -2.35. The van der Waals surface area contributed by atoms with Crippen molar-refractivity contribution in [1.29, 1.82) is 0 Å². The van der Waals surface area contributed by atoms with Gasteiger partial charge in [-0.2, -0.15) is 13.2 Å². The Morgan fingerprint density at radius 1 is 1.16 bits per heavy atom. The van der Waals surface area contributed by atoms with E-state index in [1.54, 1.807) is 4.90 Å². The van der Waals surface area contributed by atoms with E-state index >= 15 is 0 Å². The number of hydrogen-bond donors (Lipinski definition) is 1. The Hall–Kier alpha value is -3.60. The summed E-state index contributed by atoms with van der Waals surface area (Å²) in [5.74, 6) is -0.448. The molecule has 7 nitrogen and oxygen atoms in total. The molecule has 11 heteroatoms. The molecule has 2 aromatic carbocycles. The van der Waals surface area contributed by atoms with E-state index in [1.165, 1.54) is 18.2 Å². The summed E-state index contributed by atoms with van der Waals surface area (Å²) >= 11 is 0. The van der Waals surface area contributed by atoms with Crippen LogP contribution in [0.25, 0.3) is 11.4 Å². The van der Waals surface area contributed by atoms with Crippen LogP contribution < -0.4 is 5.56 Å². The largest absolute Gasteiger partial charge is 0.416 e. The molecule has 32 heavy (non-hydrogen) atoms. The lowest BCUT2D eigenvalue weighted by atomic mass is 10.0. The number of alkyl halides is 3. The molecule has 0 unspecified atom stereocenters.